The van der Waals surface area contributed by atoms with Crippen LogP contribution < -0.4 is 10.1 Å². The van der Waals surface area contributed by atoms with Gasteiger partial charge in [0.1, 0.15) is 11.5 Å². The van der Waals surface area contributed by atoms with E-state index in [1.54, 1.807) is 30.6 Å². The number of hydrogen-bond donors (Lipinski definition) is 3. The number of anilines is 1. The van der Waals surface area contributed by atoms with Crippen LogP contribution in [-0.2, 0) is 4.79 Å². The highest BCUT2D eigenvalue weighted by Gasteiger charge is 2.27. The number of carbonyl (C=O) groups is 2. The van der Waals surface area contributed by atoms with Crippen molar-refractivity contribution in [2.45, 2.75) is 31.7 Å². The minimum Gasteiger partial charge on any atom is -0.481 e. The van der Waals surface area contributed by atoms with Gasteiger partial charge in [0.15, 0.2) is 11.4 Å². The largest absolute Gasteiger partial charge is 0.481 e. The standard InChI is InChI=1S/C26H23ClN4O4/c27-21-12-18(35-17-4-2-1-3-5-17)10-11-19(21)24(32)20-13-28-25-23(20)22(14-29-31-25)30-16-8-6-15(7-9-16)26(33)34/h1-5,10-16H,6-9H2,(H,33,34)(H2,28,30,31). The minimum atomic E-state index is -0.744. The molecule has 0 unspecified atom stereocenters. The maximum Gasteiger partial charge on any atom is 0.306 e. The molecule has 3 N–H and O–H groups in total. The molecular weight excluding hydrogens is 468 g/mol. The molecule has 0 radical (unpaired) electrons. The first-order valence-electron chi connectivity index (χ1n) is 11.4. The summed E-state index contributed by atoms with van der Waals surface area (Å²) in [5.41, 5.74) is 1.93. The van der Waals surface area contributed by atoms with Crippen molar-refractivity contribution in [1.29, 1.82) is 0 Å². The van der Waals surface area contributed by atoms with Crippen molar-refractivity contribution < 1.29 is 19.4 Å². The molecule has 0 bridgehead atoms. The van der Waals surface area contributed by atoms with Crippen molar-refractivity contribution in [1.82, 2.24) is 15.2 Å². The molecule has 1 aliphatic rings. The molecule has 2 heterocycles. The molecule has 8 nitrogen and oxygen atoms in total. The molecule has 35 heavy (non-hydrogen) atoms. The van der Waals surface area contributed by atoms with Crippen molar-refractivity contribution in [3.8, 4) is 11.5 Å². The molecule has 0 aliphatic heterocycles. The highest BCUT2D eigenvalue weighted by Crippen LogP contribution is 2.33. The number of nitrogens with zero attached hydrogens (tertiary/aromatic N) is 2. The third kappa shape index (κ3) is 4.83. The minimum absolute atomic E-state index is 0.0915. The maximum atomic E-state index is 13.5. The second-order valence-corrected chi connectivity index (χ2v) is 9.01. The first-order chi connectivity index (χ1) is 17.0. The quantitative estimate of drug-likeness (QED) is 0.285. The summed E-state index contributed by atoms with van der Waals surface area (Å²) >= 11 is 6.49. The lowest BCUT2D eigenvalue weighted by Crippen LogP contribution is -2.29. The Balaban J connectivity index is 1.39. The number of carboxylic acids is 1. The van der Waals surface area contributed by atoms with E-state index in [1.165, 1.54) is 0 Å². The van der Waals surface area contributed by atoms with Crippen LogP contribution in [0.15, 0.2) is 60.9 Å². The fourth-order valence-electron chi connectivity index (χ4n) is 4.48. The van der Waals surface area contributed by atoms with Gasteiger partial charge in [0, 0.05) is 23.9 Å². The van der Waals surface area contributed by atoms with Crippen LogP contribution in [0.2, 0.25) is 5.02 Å². The third-order valence-electron chi connectivity index (χ3n) is 6.32. The van der Waals surface area contributed by atoms with Gasteiger partial charge in [-0.1, -0.05) is 29.8 Å². The Kier molecular flexibility index (Phi) is 6.37. The summed E-state index contributed by atoms with van der Waals surface area (Å²) in [5.74, 6) is -0.0954. The molecule has 9 heteroatoms. The second-order valence-electron chi connectivity index (χ2n) is 8.60. The van der Waals surface area contributed by atoms with Gasteiger partial charge in [-0.25, -0.2) is 0 Å². The Bertz CT molecular complexity index is 1380. The van der Waals surface area contributed by atoms with Crippen LogP contribution in [0, 0.1) is 5.92 Å². The number of carboxylic acid groups (broad SMARTS) is 1. The van der Waals surface area contributed by atoms with Crippen LogP contribution in [0.5, 0.6) is 11.5 Å². The zero-order chi connectivity index (χ0) is 24.4. The lowest BCUT2D eigenvalue weighted by Gasteiger charge is -2.27. The predicted octanol–water partition coefficient (Wildman–Crippen LogP) is 5.69. The molecule has 2 aromatic heterocycles. The van der Waals surface area contributed by atoms with Gasteiger partial charge in [0.2, 0.25) is 0 Å². The number of para-hydroxylation sites is 1. The third-order valence-corrected chi connectivity index (χ3v) is 6.63. The number of halogens is 1. The second kappa shape index (κ2) is 9.76. The van der Waals surface area contributed by atoms with Gasteiger partial charge in [-0.05, 0) is 49.9 Å². The number of ketones is 1. The maximum absolute atomic E-state index is 13.5. The van der Waals surface area contributed by atoms with Gasteiger partial charge in [-0.2, -0.15) is 5.10 Å². The van der Waals surface area contributed by atoms with E-state index in [0.717, 1.165) is 12.8 Å². The van der Waals surface area contributed by atoms with E-state index >= 15 is 0 Å². The number of nitrogens with one attached hydrogen (secondary N) is 2. The molecule has 1 fully saturated rings. The van der Waals surface area contributed by atoms with Gasteiger partial charge in [-0.3, -0.25) is 9.59 Å². The Labute approximate surface area is 206 Å². The fourth-order valence-corrected chi connectivity index (χ4v) is 4.74. The van der Waals surface area contributed by atoms with E-state index < -0.39 is 5.97 Å². The van der Waals surface area contributed by atoms with Crippen LogP contribution in [0.25, 0.3) is 11.0 Å². The first kappa shape index (κ1) is 22.9. The lowest BCUT2D eigenvalue weighted by molar-refractivity contribution is -0.142. The average Bonchev–Trinajstić information content (AvgIpc) is 3.30. The zero-order valence-corrected chi connectivity index (χ0v) is 19.5. The predicted molar refractivity (Wildman–Crippen MR) is 132 cm³/mol. The van der Waals surface area contributed by atoms with Crippen molar-refractivity contribution >= 4 is 40.1 Å². The normalized spacial score (nSPS) is 17.7. The number of aromatic nitrogens is 3. The highest BCUT2D eigenvalue weighted by atomic mass is 35.5. The van der Waals surface area contributed by atoms with Gasteiger partial charge in [0.05, 0.1) is 33.8 Å². The van der Waals surface area contributed by atoms with Crippen molar-refractivity contribution in [2.24, 2.45) is 5.92 Å². The molecule has 0 amide bonds. The Morgan fingerprint density at radius 3 is 2.51 bits per heavy atom. The number of aliphatic carboxylic acids is 1. The Hall–Kier alpha value is -3.91. The van der Waals surface area contributed by atoms with Crippen LogP contribution >= 0.6 is 11.6 Å². The SMILES string of the molecule is O=C(c1ccc(Oc2ccccc2)cc1Cl)c1c[nH]c2nncc(NC3CCC(C(=O)O)CC3)c12. The van der Waals surface area contributed by atoms with Crippen LogP contribution in [0.4, 0.5) is 5.69 Å². The molecule has 0 saturated heterocycles. The van der Waals surface area contributed by atoms with Crippen molar-refractivity contribution in [3.63, 3.8) is 0 Å². The number of fused-ring (bicyclic) bond motifs is 1. The Morgan fingerprint density at radius 2 is 1.80 bits per heavy atom. The van der Waals surface area contributed by atoms with Crippen molar-refractivity contribution in [2.75, 3.05) is 5.32 Å². The number of benzene rings is 2. The lowest BCUT2D eigenvalue weighted by atomic mass is 9.86. The summed E-state index contributed by atoms with van der Waals surface area (Å²) < 4.78 is 5.81. The molecule has 2 aromatic carbocycles. The topological polar surface area (TPSA) is 117 Å². The molecule has 1 aliphatic carbocycles. The zero-order valence-electron chi connectivity index (χ0n) is 18.7. The summed E-state index contributed by atoms with van der Waals surface area (Å²) in [4.78, 5) is 27.8. The summed E-state index contributed by atoms with van der Waals surface area (Å²) in [6, 6.07) is 14.4. The Morgan fingerprint density at radius 1 is 1.03 bits per heavy atom. The number of aromatic amines is 1. The average molecular weight is 491 g/mol. The molecule has 4 aromatic rings. The van der Waals surface area contributed by atoms with Crippen molar-refractivity contribution in [3.05, 3.63) is 77.1 Å². The number of rotatable bonds is 7. The number of hydrogen-bond acceptors (Lipinski definition) is 6. The van der Waals surface area contributed by atoms with E-state index in [9.17, 15) is 14.7 Å². The summed E-state index contributed by atoms with van der Waals surface area (Å²) in [7, 11) is 0. The number of ether oxygens (including phenoxy) is 1. The van der Waals surface area contributed by atoms with E-state index in [0.29, 0.717) is 52.2 Å². The molecule has 0 atom stereocenters. The molecule has 0 spiro atoms. The van der Waals surface area contributed by atoms with Gasteiger partial charge in [-0.15, -0.1) is 5.10 Å². The fraction of sp³-hybridized carbons (Fsp3) is 0.231. The highest BCUT2D eigenvalue weighted by molar-refractivity contribution is 6.35. The first-order valence-corrected chi connectivity index (χ1v) is 11.8. The molecule has 178 valence electrons. The van der Waals surface area contributed by atoms with E-state index in [-0.39, 0.29) is 22.8 Å². The van der Waals surface area contributed by atoms with Gasteiger partial charge in [0.25, 0.3) is 0 Å². The molecular formula is C26H23ClN4O4. The van der Waals surface area contributed by atoms with Crippen LogP contribution in [0.1, 0.15) is 41.6 Å². The molecule has 1 saturated carbocycles. The van der Waals surface area contributed by atoms with Gasteiger partial charge >= 0.3 is 5.97 Å². The monoisotopic (exact) mass is 490 g/mol. The molecule has 5 rings (SSSR count). The number of H-pyrrole nitrogens is 1. The smallest absolute Gasteiger partial charge is 0.306 e. The van der Waals surface area contributed by atoms with E-state index in [2.05, 4.69) is 20.5 Å². The number of carbonyl (C=O) groups excluding carboxylic acids is 1. The van der Waals surface area contributed by atoms with Crippen LogP contribution in [-0.4, -0.2) is 38.1 Å². The van der Waals surface area contributed by atoms with E-state index in [4.69, 9.17) is 16.3 Å². The summed E-state index contributed by atoms with van der Waals surface area (Å²) in [5, 5.41) is 21.8. The summed E-state index contributed by atoms with van der Waals surface area (Å²) in [6.07, 6.45) is 5.88. The van der Waals surface area contributed by atoms with E-state index in [1.807, 2.05) is 30.3 Å². The van der Waals surface area contributed by atoms with Crippen LogP contribution in [0.3, 0.4) is 0 Å². The van der Waals surface area contributed by atoms with Gasteiger partial charge < -0.3 is 20.1 Å². The summed E-state index contributed by atoms with van der Waals surface area (Å²) in [6.45, 7) is 0.